The highest BCUT2D eigenvalue weighted by molar-refractivity contribution is 6.31. The lowest BCUT2D eigenvalue weighted by molar-refractivity contribution is 0.0699. The Balaban J connectivity index is 2.14. The maximum Gasteiger partial charge on any atom is 0.336 e. The van der Waals surface area contributed by atoms with Gasteiger partial charge in [0, 0.05) is 16.0 Å². The van der Waals surface area contributed by atoms with Crippen LogP contribution in [0.2, 0.25) is 5.02 Å². The second-order valence-electron chi connectivity index (χ2n) is 5.47. The maximum absolute atomic E-state index is 11.6. The Labute approximate surface area is 139 Å². The van der Waals surface area contributed by atoms with Gasteiger partial charge in [-0.3, -0.25) is 0 Å². The lowest BCUT2D eigenvalue weighted by Gasteiger charge is -2.08. The van der Waals surface area contributed by atoms with Gasteiger partial charge in [-0.15, -0.1) is 0 Å². The lowest BCUT2D eigenvalue weighted by Crippen LogP contribution is -2.00. The topological polar surface area (TPSA) is 50.2 Å². The Morgan fingerprint density at radius 2 is 1.87 bits per heavy atom. The van der Waals surface area contributed by atoms with Gasteiger partial charge in [0.05, 0.1) is 16.8 Å². The third kappa shape index (κ3) is 3.20. The normalized spacial score (nSPS) is 10.9. The summed E-state index contributed by atoms with van der Waals surface area (Å²) >= 11 is 5.98. The predicted octanol–water partition coefficient (Wildman–Crippen LogP) is 5.21. The average molecular weight is 326 g/mol. The van der Waals surface area contributed by atoms with Gasteiger partial charge < -0.3 is 5.11 Å². The van der Waals surface area contributed by atoms with Gasteiger partial charge in [0.1, 0.15) is 0 Å². The molecule has 1 aromatic heterocycles. The van der Waals surface area contributed by atoms with Crippen LogP contribution in [-0.4, -0.2) is 16.1 Å². The number of pyridine rings is 1. The van der Waals surface area contributed by atoms with E-state index in [-0.39, 0.29) is 5.56 Å². The van der Waals surface area contributed by atoms with Crippen LogP contribution in [0.25, 0.3) is 22.2 Å². The summed E-state index contributed by atoms with van der Waals surface area (Å²) in [5, 5.41) is 10.5. The number of halogens is 1. The predicted molar refractivity (Wildman–Crippen MR) is 93.1 cm³/mol. The summed E-state index contributed by atoms with van der Waals surface area (Å²) in [6.07, 6.45) is 2.13. The van der Waals surface area contributed by atoms with Gasteiger partial charge >= 0.3 is 5.97 Å². The number of hydrogen-bond donors (Lipinski definition) is 1. The number of benzene rings is 2. The Kier molecular flexibility index (Phi) is 4.30. The molecule has 0 radical (unpaired) electrons. The van der Waals surface area contributed by atoms with Crippen LogP contribution in [-0.2, 0) is 6.42 Å². The molecule has 4 heteroatoms. The molecule has 0 aliphatic heterocycles. The van der Waals surface area contributed by atoms with Gasteiger partial charge in [-0.05, 0) is 36.2 Å². The van der Waals surface area contributed by atoms with E-state index in [0.29, 0.717) is 21.6 Å². The number of carboxylic acids is 1. The fraction of sp³-hybridized carbons (Fsp3) is 0.158. The van der Waals surface area contributed by atoms with Crippen LogP contribution < -0.4 is 0 Å². The molecule has 1 N–H and O–H groups in total. The average Bonchev–Trinajstić information content (AvgIpc) is 2.55. The fourth-order valence-corrected chi connectivity index (χ4v) is 2.83. The Morgan fingerprint density at radius 3 is 2.52 bits per heavy atom. The number of aryl methyl sites for hydroxylation is 1. The van der Waals surface area contributed by atoms with E-state index in [1.807, 2.05) is 12.1 Å². The van der Waals surface area contributed by atoms with E-state index in [0.717, 1.165) is 18.4 Å². The van der Waals surface area contributed by atoms with E-state index < -0.39 is 5.97 Å². The molecule has 0 amide bonds. The SMILES string of the molecule is CCCc1ccc(-c2cc(C(=O)O)c3cc(Cl)ccc3n2)cc1. The standard InChI is InChI=1S/C19H16ClNO2/c1-2-3-12-4-6-13(7-5-12)18-11-16(19(22)23)15-10-14(20)8-9-17(15)21-18/h4-11H,2-3H2,1H3,(H,22,23). The number of nitrogens with zero attached hydrogens (tertiary/aromatic N) is 1. The highest BCUT2D eigenvalue weighted by Gasteiger charge is 2.13. The molecule has 0 atom stereocenters. The van der Waals surface area contributed by atoms with Crippen LogP contribution in [0.4, 0.5) is 0 Å². The molecule has 0 aliphatic carbocycles. The molecule has 0 saturated heterocycles. The van der Waals surface area contributed by atoms with E-state index in [1.54, 1.807) is 24.3 Å². The number of aromatic nitrogens is 1. The molecule has 0 saturated carbocycles. The van der Waals surface area contributed by atoms with Crippen LogP contribution >= 0.6 is 11.6 Å². The molecule has 0 aliphatic rings. The molecule has 1 heterocycles. The Bertz CT molecular complexity index is 872. The van der Waals surface area contributed by atoms with Crippen LogP contribution in [0.3, 0.4) is 0 Å². The van der Waals surface area contributed by atoms with Gasteiger partial charge in [-0.1, -0.05) is 49.2 Å². The number of carbonyl (C=O) groups is 1. The van der Waals surface area contributed by atoms with Gasteiger partial charge in [0.15, 0.2) is 0 Å². The summed E-state index contributed by atoms with van der Waals surface area (Å²) < 4.78 is 0. The second-order valence-corrected chi connectivity index (χ2v) is 5.91. The third-order valence-electron chi connectivity index (χ3n) is 3.79. The molecular formula is C19H16ClNO2. The minimum absolute atomic E-state index is 0.213. The van der Waals surface area contributed by atoms with Crippen molar-refractivity contribution >= 4 is 28.5 Å². The first-order valence-electron chi connectivity index (χ1n) is 7.51. The minimum atomic E-state index is -0.983. The highest BCUT2D eigenvalue weighted by Crippen LogP contribution is 2.27. The van der Waals surface area contributed by atoms with Crippen molar-refractivity contribution in [2.24, 2.45) is 0 Å². The number of rotatable bonds is 4. The zero-order chi connectivity index (χ0) is 16.4. The van der Waals surface area contributed by atoms with Gasteiger partial charge in [0.25, 0.3) is 0 Å². The second kappa shape index (κ2) is 6.39. The molecule has 0 spiro atoms. The molecule has 3 rings (SSSR count). The number of carboxylic acid groups (broad SMARTS) is 1. The molecule has 23 heavy (non-hydrogen) atoms. The summed E-state index contributed by atoms with van der Waals surface area (Å²) in [7, 11) is 0. The quantitative estimate of drug-likeness (QED) is 0.716. The smallest absolute Gasteiger partial charge is 0.336 e. The summed E-state index contributed by atoms with van der Waals surface area (Å²) in [6, 6.07) is 14.8. The van der Waals surface area contributed by atoms with E-state index in [1.165, 1.54) is 5.56 Å². The minimum Gasteiger partial charge on any atom is -0.478 e. The zero-order valence-corrected chi connectivity index (χ0v) is 13.5. The molecular weight excluding hydrogens is 310 g/mol. The largest absolute Gasteiger partial charge is 0.478 e. The highest BCUT2D eigenvalue weighted by atomic mass is 35.5. The molecule has 2 aromatic carbocycles. The summed E-state index contributed by atoms with van der Waals surface area (Å²) in [5.41, 5.74) is 3.67. The zero-order valence-electron chi connectivity index (χ0n) is 12.7. The molecule has 0 bridgehead atoms. The first kappa shape index (κ1) is 15.5. The maximum atomic E-state index is 11.6. The molecule has 0 unspecified atom stereocenters. The molecule has 3 nitrogen and oxygen atoms in total. The summed E-state index contributed by atoms with van der Waals surface area (Å²) in [6.45, 7) is 2.14. The first-order valence-corrected chi connectivity index (χ1v) is 7.89. The summed E-state index contributed by atoms with van der Waals surface area (Å²) in [5.74, 6) is -0.983. The number of fused-ring (bicyclic) bond motifs is 1. The van der Waals surface area contributed by atoms with Crippen molar-refractivity contribution in [1.82, 2.24) is 4.98 Å². The van der Waals surface area contributed by atoms with Crippen molar-refractivity contribution in [3.05, 3.63) is 64.7 Å². The van der Waals surface area contributed by atoms with Crippen molar-refractivity contribution in [2.45, 2.75) is 19.8 Å². The van der Waals surface area contributed by atoms with Gasteiger partial charge in [-0.25, -0.2) is 9.78 Å². The van der Waals surface area contributed by atoms with Crippen molar-refractivity contribution in [3.63, 3.8) is 0 Å². The molecule has 3 aromatic rings. The molecule has 0 fully saturated rings. The van der Waals surface area contributed by atoms with Gasteiger partial charge in [0.2, 0.25) is 0 Å². The third-order valence-corrected chi connectivity index (χ3v) is 4.02. The van der Waals surface area contributed by atoms with Crippen LogP contribution in [0, 0.1) is 0 Å². The van der Waals surface area contributed by atoms with E-state index in [2.05, 4.69) is 24.0 Å². The Hall–Kier alpha value is -2.39. The fourth-order valence-electron chi connectivity index (χ4n) is 2.65. The van der Waals surface area contributed by atoms with E-state index >= 15 is 0 Å². The van der Waals surface area contributed by atoms with Crippen molar-refractivity contribution in [3.8, 4) is 11.3 Å². The summed E-state index contributed by atoms with van der Waals surface area (Å²) in [4.78, 5) is 16.2. The van der Waals surface area contributed by atoms with Crippen LogP contribution in [0.5, 0.6) is 0 Å². The Morgan fingerprint density at radius 1 is 1.13 bits per heavy atom. The first-order chi connectivity index (χ1) is 11.1. The van der Waals surface area contributed by atoms with E-state index in [9.17, 15) is 9.90 Å². The molecule has 116 valence electrons. The number of hydrogen-bond acceptors (Lipinski definition) is 2. The lowest BCUT2D eigenvalue weighted by atomic mass is 10.0. The van der Waals surface area contributed by atoms with E-state index in [4.69, 9.17) is 11.6 Å². The van der Waals surface area contributed by atoms with Crippen LogP contribution in [0.15, 0.2) is 48.5 Å². The number of aromatic carboxylic acids is 1. The van der Waals surface area contributed by atoms with Crippen molar-refractivity contribution in [2.75, 3.05) is 0 Å². The monoisotopic (exact) mass is 325 g/mol. The van der Waals surface area contributed by atoms with Crippen LogP contribution in [0.1, 0.15) is 29.3 Å². The van der Waals surface area contributed by atoms with Gasteiger partial charge in [-0.2, -0.15) is 0 Å². The van der Waals surface area contributed by atoms with Crippen molar-refractivity contribution in [1.29, 1.82) is 0 Å². The van der Waals surface area contributed by atoms with Crippen molar-refractivity contribution < 1.29 is 9.90 Å².